The molecule has 0 radical (unpaired) electrons. The van der Waals surface area contributed by atoms with Crippen LogP contribution in [0.25, 0.3) is 0 Å². The molecule has 0 saturated carbocycles. The van der Waals surface area contributed by atoms with E-state index >= 15 is 0 Å². The van der Waals surface area contributed by atoms with E-state index in [9.17, 15) is 8.42 Å². The van der Waals surface area contributed by atoms with Gasteiger partial charge in [-0.2, -0.15) is 8.42 Å². The van der Waals surface area contributed by atoms with Gasteiger partial charge in [0.25, 0.3) is 0 Å². The quantitative estimate of drug-likeness (QED) is 0.0426. The third-order valence-corrected chi connectivity index (χ3v) is 9.43. The molecule has 4 nitrogen and oxygen atoms in total. The first kappa shape index (κ1) is 42.6. The zero-order valence-corrected chi connectivity index (χ0v) is 30.0. The van der Waals surface area contributed by atoms with E-state index in [1.165, 1.54) is 186 Å². The SMILES string of the molecule is CCCCCCCCCCCCCCCC/C=C/C(CCCCCCCCCCCCCCCCCC)COS(=O)(=O)O. The average molecular weight is 629 g/mol. The highest BCUT2D eigenvalue weighted by atomic mass is 32.3. The summed E-state index contributed by atoms with van der Waals surface area (Å²) in [6.07, 6.45) is 47.0. The fourth-order valence-electron chi connectivity index (χ4n) is 6.11. The smallest absolute Gasteiger partial charge is 0.264 e. The number of hydrogen-bond donors (Lipinski definition) is 1. The second kappa shape index (κ2) is 34.5. The molecule has 0 aromatic rings. The molecule has 43 heavy (non-hydrogen) atoms. The Hall–Kier alpha value is -0.390. The van der Waals surface area contributed by atoms with E-state index in [-0.39, 0.29) is 12.5 Å². The van der Waals surface area contributed by atoms with Gasteiger partial charge in [0.1, 0.15) is 0 Å². The molecule has 0 aliphatic heterocycles. The maximum atomic E-state index is 11.1. The summed E-state index contributed by atoms with van der Waals surface area (Å²) in [7, 11) is -4.37. The maximum absolute atomic E-state index is 11.1. The molecule has 0 aromatic heterocycles. The molecule has 5 heteroatoms. The Kier molecular flexibility index (Phi) is 34.2. The van der Waals surface area contributed by atoms with Gasteiger partial charge in [-0.3, -0.25) is 4.55 Å². The molecule has 1 unspecified atom stereocenters. The molecule has 1 atom stereocenters. The minimum absolute atomic E-state index is 0.0484. The summed E-state index contributed by atoms with van der Waals surface area (Å²) in [6.45, 7) is 4.61. The fourth-order valence-corrected chi connectivity index (χ4v) is 6.46. The van der Waals surface area contributed by atoms with Crippen molar-refractivity contribution in [1.29, 1.82) is 0 Å². The van der Waals surface area contributed by atoms with E-state index in [1.54, 1.807) is 0 Å². The average Bonchev–Trinajstić information content (AvgIpc) is 2.98. The van der Waals surface area contributed by atoms with Gasteiger partial charge in [-0.15, -0.1) is 0 Å². The monoisotopic (exact) mass is 629 g/mol. The Bertz CT molecular complexity index is 661. The van der Waals surface area contributed by atoms with Crippen molar-refractivity contribution in [2.45, 2.75) is 219 Å². The molecule has 0 saturated heterocycles. The molecule has 0 aromatic carbocycles. The summed E-state index contributed by atoms with van der Waals surface area (Å²) in [5.41, 5.74) is 0. The first-order valence-electron chi connectivity index (χ1n) is 19.3. The normalized spacial score (nSPS) is 12.9. The molecular weight excluding hydrogens is 552 g/mol. The number of hydrogen-bond acceptors (Lipinski definition) is 3. The molecular formula is C38H76O4S. The Morgan fingerprint density at radius 2 is 0.791 bits per heavy atom. The molecule has 1 N–H and O–H groups in total. The lowest BCUT2D eigenvalue weighted by atomic mass is 9.99. The van der Waals surface area contributed by atoms with Crippen molar-refractivity contribution in [1.82, 2.24) is 0 Å². The van der Waals surface area contributed by atoms with Crippen molar-refractivity contribution < 1.29 is 17.2 Å². The van der Waals surface area contributed by atoms with E-state index in [4.69, 9.17) is 8.74 Å². The molecule has 258 valence electrons. The van der Waals surface area contributed by atoms with E-state index in [0.29, 0.717) is 0 Å². The van der Waals surface area contributed by atoms with Crippen LogP contribution < -0.4 is 0 Å². The van der Waals surface area contributed by atoms with Crippen molar-refractivity contribution in [3.8, 4) is 0 Å². The summed E-state index contributed by atoms with van der Waals surface area (Å²) in [6, 6.07) is 0. The summed E-state index contributed by atoms with van der Waals surface area (Å²) < 4.78 is 35.9. The van der Waals surface area contributed by atoms with Gasteiger partial charge in [0.15, 0.2) is 0 Å². The third kappa shape index (κ3) is 37.7. The van der Waals surface area contributed by atoms with E-state index in [0.717, 1.165) is 19.3 Å². The first-order valence-corrected chi connectivity index (χ1v) is 20.6. The van der Waals surface area contributed by atoms with Crippen molar-refractivity contribution in [3.05, 3.63) is 12.2 Å². The summed E-state index contributed by atoms with van der Waals surface area (Å²) >= 11 is 0. The lowest BCUT2D eigenvalue weighted by Crippen LogP contribution is -2.12. The Morgan fingerprint density at radius 1 is 0.488 bits per heavy atom. The second-order valence-corrected chi connectivity index (χ2v) is 14.5. The molecule has 0 amide bonds. The predicted octanol–water partition coefficient (Wildman–Crippen LogP) is 13.5. The molecule has 0 rings (SSSR count). The van der Waals surface area contributed by atoms with Crippen LogP contribution in [-0.4, -0.2) is 19.6 Å². The molecule has 0 spiro atoms. The van der Waals surface area contributed by atoms with Crippen LogP contribution in [0.1, 0.15) is 219 Å². The largest absolute Gasteiger partial charge is 0.397 e. The van der Waals surface area contributed by atoms with E-state index in [1.807, 2.05) is 0 Å². The Balaban J connectivity index is 3.73. The number of allylic oxidation sites excluding steroid dienone is 1. The van der Waals surface area contributed by atoms with Gasteiger partial charge in [0, 0.05) is 5.92 Å². The fraction of sp³-hybridized carbons (Fsp3) is 0.947. The minimum Gasteiger partial charge on any atom is -0.264 e. The van der Waals surface area contributed by atoms with Gasteiger partial charge in [0.05, 0.1) is 6.61 Å². The number of unbranched alkanes of at least 4 members (excludes halogenated alkanes) is 29. The standard InChI is InChI=1S/C38H76O4S/c1-3-5-7-9-11-13-15-17-19-21-23-25-27-29-31-33-35-38(37-42-43(39,40)41)36-34-32-30-28-26-24-22-20-18-16-14-12-10-8-6-4-2/h33,35,38H,3-32,34,36-37H2,1-2H3,(H,39,40,41)/b35-33+. The van der Waals surface area contributed by atoms with Crippen molar-refractivity contribution in [2.24, 2.45) is 5.92 Å². The van der Waals surface area contributed by atoms with Crippen LogP contribution in [0.3, 0.4) is 0 Å². The van der Waals surface area contributed by atoms with Gasteiger partial charge >= 0.3 is 10.4 Å². The van der Waals surface area contributed by atoms with Gasteiger partial charge in [-0.1, -0.05) is 212 Å². The maximum Gasteiger partial charge on any atom is 0.397 e. The lowest BCUT2D eigenvalue weighted by Gasteiger charge is -2.12. The van der Waals surface area contributed by atoms with Crippen LogP contribution in [0.2, 0.25) is 0 Å². The van der Waals surface area contributed by atoms with Crippen molar-refractivity contribution in [2.75, 3.05) is 6.61 Å². The third-order valence-electron chi connectivity index (χ3n) is 8.99. The van der Waals surface area contributed by atoms with Gasteiger partial charge < -0.3 is 0 Å². The zero-order chi connectivity index (χ0) is 31.5. The van der Waals surface area contributed by atoms with E-state index in [2.05, 4.69) is 26.0 Å². The van der Waals surface area contributed by atoms with Crippen LogP contribution in [0.4, 0.5) is 0 Å². The van der Waals surface area contributed by atoms with Crippen molar-refractivity contribution in [3.63, 3.8) is 0 Å². The highest BCUT2D eigenvalue weighted by molar-refractivity contribution is 7.80. The topological polar surface area (TPSA) is 63.6 Å². The Labute approximate surface area is 271 Å². The van der Waals surface area contributed by atoms with Crippen LogP contribution in [0, 0.1) is 5.92 Å². The highest BCUT2D eigenvalue weighted by Gasteiger charge is 2.11. The molecule has 0 heterocycles. The first-order chi connectivity index (χ1) is 21.0. The Morgan fingerprint density at radius 3 is 1.12 bits per heavy atom. The van der Waals surface area contributed by atoms with Crippen LogP contribution >= 0.6 is 0 Å². The molecule has 0 aliphatic rings. The second-order valence-electron chi connectivity index (χ2n) is 13.4. The van der Waals surface area contributed by atoms with Gasteiger partial charge in [0.2, 0.25) is 0 Å². The predicted molar refractivity (Wildman–Crippen MR) is 189 cm³/mol. The lowest BCUT2D eigenvalue weighted by molar-refractivity contribution is 0.234. The summed E-state index contributed by atoms with van der Waals surface area (Å²) in [4.78, 5) is 0. The summed E-state index contributed by atoms with van der Waals surface area (Å²) in [5.74, 6) is 0.0558. The molecule has 0 aliphatic carbocycles. The van der Waals surface area contributed by atoms with Crippen molar-refractivity contribution >= 4 is 10.4 Å². The van der Waals surface area contributed by atoms with Crippen LogP contribution in [0.5, 0.6) is 0 Å². The summed E-state index contributed by atoms with van der Waals surface area (Å²) in [5, 5.41) is 0. The zero-order valence-electron chi connectivity index (χ0n) is 29.1. The molecule has 0 fully saturated rings. The highest BCUT2D eigenvalue weighted by Crippen LogP contribution is 2.18. The molecule has 0 bridgehead atoms. The minimum atomic E-state index is -4.37. The van der Waals surface area contributed by atoms with Crippen LogP contribution in [-0.2, 0) is 14.6 Å². The van der Waals surface area contributed by atoms with Crippen LogP contribution in [0.15, 0.2) is 12.2 Å². The van der Waals surface area contributed by atoms with Gasteiger partial charge in [-0.05, 0) is 19.3 Å². The van der Waals surface area contributed by atoms with E-state index < -0.39 is 10.4 Å². The van der Waals surface area contributed by atoms with Gasteiger partial charge in [-0.25, -0.2) is 4.18 Å². The number of rotatable bonds is 36.